The molecule has 4 aliphatic heterocycles. The van der Waals surface area contributed by atoms with Crippen molar-refractivity contribution in [2.24, 2.45) is 11.8 Å². The van der Waals surface area contributed by atoms with E-state index in [-0.39, 0.29) is 61.3 Å². The Morgan fingerprint density at radius 2 is 1.14 bits per heavy atom. The number of ether oxygens (including phenoxy) is 2. The molecule has 4 bridgehead atoms. The van der Waals surface area contributed by atoms with Crippen molar-refractivity contribution in [3.05, 3.63) is 16.1 Å². The van der Waals surface area contributed by atoms with Gasteiger partial charge in [-0.25, -0.2) is 4.68 Å². The average molecular weight is 1000 g/mol. The molecule has 0 aliphatic carbocycles. The first-order valence-electron chi connectivity index (χ1n) is 21.5. The van der Waals surface area contributed by atoms with E-state index in [9.17, 15) is 18.4 Å². The van der Waals surface area contributed by atoms with Crippen molar-refractivity contribution in [3.63, 3.8) is 0 Å². The second-order valence-electron chi connectivity index (χ2n) is 16.6. The summed E-state index contributed by atoms with van der Waals surface area (Å²) in [6.07, 6.45) is 18.5. The summed E-state index contributed by atoms with van der Waals surface area (Å²) in [5, 5.41) is 17.8. The molecule has 6 rings (SSSR count). The number of hydrogen-bond donors (Lipinski definition) is 0. The van der Waals surface area contributed by atoms with Crippen LogP contribution < -0.4 is 3.71 Å². The third-order valence-corrected chi connectivity index (χ3v) is 28.8. The molecule has 6 heterocycles. The second kappa shape index (κ2) is 22.2. The normalized spacial score (nSPS) is 27.6. The molecule has 0 spiro atoms. The van der Waals surface area contributed by atoms with E-state index in [0.29, 0.717) is 31.5 Å². The third-order valence-electron chi connectivity index (χ3n) is 13.4. The number of nitrogens with zero attached hydrogens (tertiary/aromatic N) is 8. The van der Waals surface area contributed by atoms with Gasteiger partial charge in [0.2, 0.25) is 0 Å². The van der Waals surface area contributed by atoms with E-state index >= 15 is 0 Å². The van der Waals surface area contributed by atoms with Gasteiger partial charge in [-0.05, 0) is 48.3 Å². The maximum absolute atomic E-state index is 13.0. The van der Waals surface area contributed by atoms with E-state index < -0.39 is 18.4 Å². The van der Waals surface area contributed by atoms with Gasteiger partial charge in [0.05, 0.1) is 31.9 Å². The predicted molar refractivity (Wildman–Crippen MR) is 224 cm³/mol. The number of esters is 2. The van der Waals surface area contributed by atoms with E-state index in [1.54, 1.807) is 4.68 Å². The number of rotatable bonds is 20. The van der Waals surface area contributed by atoms with E-state index in [2.05, 4.69) is 69.7 Å². The molecule has 2 aromatic rings. The fourth-order valence-corrected chi connectivity index (χ4v) is 26.0. The molecule has 0 amide bonds. The molecule has 0 radical (unpaired) electrons. The van der Waals surface area contributed by atoms with Crippen LogP contribution in [0.1, 0.15) is 123 Å². The van der Waals surface area contributed by atoms with Crippen molar-refractivity contribution in [2.45, 2.75) is 160 Å². The fraction of sp³-hybridized carbons (Fsp3) is 0.850. The standard InChI is InChI=1S/C14H20FIN4O2.C14H20FN4O2.3C4H9.Sn/c1-22-14(21)13-10-4-3-9(19(10)6-2-5-15)7-11(13)20-8-12(16)17-18-20;1-21-14(20)13-11-4-3-10(18(11)7-2-5-15)9-12(13)19-8-6-16-17-19;3*1-3-4-2;/h8-11,13H,2-7H2,1H3;8,10-13H,2-5,7,9H2,1H3;3*1,3-4H2,2H3;/i16-4;;;;;. The quantitative estimate of drug-likeness (QED) is 0.0775. The number of halogens is 3. The molecule has 0 aromatic carbocycles. The van der Waals surface area contributed by atoms with E-state index in [1.165, 1.54) is 69.8 Å². The van der Waals surface area contributed by atoms with Gasteiger partial charge in [0.15, 0.2) is 0 Å². The third kappa shape index (κ3) is 10.4. The number of hydrogen-bond acceptors (Lipinski definition) is 10. The molecule has 12 nitrogen and oxygen atoms in total. The van der Waals surface area contributed by atoms with Gasteiger partial charge in [-0.2, -0.15) is 0 Å². The van der Waals surface area contributed by atoms with Crippen molar-refractivity contribution in [1.82, 2.24) is 39.8 Å². The molecular weight excluding hydrogens is 936 g/mol. The zero-order chi connectivity index (χ0) is 40.2. The SMILES string of the molecule is CCC[CH2][Sn]([CH2]CCC)([CH2]CCC)[c]1cn(C2CC3CCC(C2C(=O)OC)N3CCCF)nn1.COC(=O)C1C2CCC(CC1n1cc([123I])nn1)N2CCCF. The van der Waals surface area contributed by atoms with Gasteiger partial charge < -0.3 is 4.74 Å². The zero-order valence-corrected chi connectivity index (χ0v) is 39.5. The largest absolute Gasteiger partial charge is 0.469 e. The van der Waals surface area contributed by atoms with Crippen LogP contribution in [0.15, 0.2) is 12.4 Å². The molecule has 4 fully saturated rings. The molecule has 4 aliphatic rings. The summed E-state index contributed by atoms with van der Waals surface area (Å²) < 4.78 is 45.9. The minimum absolute atomic E-state index is 0.0136. The van der Waals surface area contributed by atoms with Crippen LogP contribution in [0, 0.1) is 15.5 Å². The maximum Gasteiger partial charge on any atom is 0.312 e. The monoisotopic (exact) mass is 1000 g/mol. The van der Waals surface area contributed by atoms with Crippen LogP contribution >= 0.6 is 22.6 Å². The van der Waals surface area contributed by atoms with Crippen molar-refractivity contribution in [3.8, 4) is 0 Å². The molecule has 8 atom stereocenters. The topological polar surface area (TPSA) is 121 Å². The molecule has 16 heteroatoms. The Hall–Kier alpha value is -1.47. The molecule has 4 saturated heterocycles. The molecule has 0 N–H and O–H groups in total. The Bertz CT molecular complexity index is 1500. The minimum atomic E-state index is -2.68. The van der Waals surface area contributed by atoms with Crippen LogP contribution in [0.3, 0.4) is 0 Å². The molecule has 2 aromatic heterocycles. The molecular formula is C40H67F2IN8O4Sn. The minimum Gasteiger partial charge on any atom is -0.469 e. The number of piperidine rings is 2. The molecule has 8 unspecified atom stereocenters. The van der Waals surface area contributed by atoms with Crippen molar-refractivity contribution in [2.75, 3.05) is 40.7 Å². The van der Waals surface area contributed by atoms with Gasteiger partial charge in [-0.3, -0.25) is 14.1 Å². The van der Waals surface area contributed by atoms with E-state index in [1.807, 2.05) is 10.9 Å². The van der Waals surface area contributed by atoms with Crippen LogP contribution in [0.5, 0.6) is 0 Å². The summed E-state index contributed by atoms with van der Waals surface area (Å²) in [4.78, 5) is 30.1. The number of carbonyl (C=O) groups is 2. The molecule has 56 heavy (non-hydrogen) atoms. The summed E-state index contributed by atoms with van der Waals surface area (Å²) in [7, 11) is 2.91. The van der Waals surface area contributed by atoms with Gasteiger partial charge in [0.1, 0.15) is 3.70 Å². The first kappa shape index (κ1) is 45.6. The van der Waals surface area contributed by atoms with Gasteiger partial charge in [0, 0.05) is 18.6 Å². The Morgan fingerprint density at radius 3 is 1.54 bits per heavy atom. The summed E-state index contributed by atoms with van der Waals surface area (Å²) in [6, 6.07) is 0.976. The smallest absolute Gasteiger partial charge is 0.312 e. The van der Waals surface area contributed by atoms with Crippen LogP contribution in [-0.2, 0) is 19.1 Å². The number of fused-ring (bicyclic) bond motifs is 4. The Kier molecular flexibility index (Phi) is 18.1. The van der Waals surface area contributed by atoms with E-state index in [0.717, 1.165) is 48.8 Å². The van der Waals surface area contributed by atoms with Crippen LogP contribution in [0.25, 0.3) is 0 Å². The number of aromatic nitrogens is 6. The van der Waals surface area contributed by atoms with Crippen molar-refractivity contribution < 1.29 is 27.8 Å². The van der Waals surface area contributed by atoms with Crippen LogP contribution in [-0.4, -0.2) is 135 Å². The van der Waals surface area contributed by atoms with Crippen molar-refractivity contribution >= 4 is 56.6 Å². The Morgan fingerprint density at radius 1 is 0.696 bits per heavy atom. The van der Waals surface area contributed by atoms with Crippen molar-refractivity contribution in [1.29, 1.82) is 0 Å². The van der Waals surface area contributed by atoms with Gasteiger partial charge in [-0.1, -0.05) is 5.21 Å². The van der Waals surface area contributed by atoms with Gasteiger partial charge in [0.25, 0.3) is 0 Å². The predicted octanol–water partition coefficient (Wildman–Crippen LogP) is 7.07. The second-order valence-corrected chi connectivity index (χ2v) is 30.7. The molecule has 0 saturated carbocycles. The Labute approximate surface area is 350 Å². The fourth-order valence-electron chi connectivity index (χ4n) is 10.6. The Balaban J connectivity index is 0.000000234. The molecule has 316 valence electrons. The first-order valence-corrected chi connectivity index (χ1v) is 30.0. The number of carbonyl (C=O) groups excluding carboxylic acids is 2. The van der Waals surface area contributed by atoms with E-state index in [4.69, 9.17) is 19.8 Å². The zero-order valence-electron chi connectivity index (χ0n) is 34.5. The summed E-state index contributed by atoms with van der Waals surface area (Å²) in [5.41, 5.74) is 0. The maximum atomic E-state index is 13.0. The first-order chi connectivity index (χ1) is 27.2. The average Bonchev–Trinajstić information content (AvgIpc) is 4.00. The van der Waals surface area contributed by atoms with Crippen LogP contribution in [0.2, 0.25) is 13.3 Å². The number of methoxy groups -OCH3 is 2. The van der Waals surface area contributed by atoms with Gasteiger partial charge >= 0.3 is 217 Å². The van der Waals surface area contributed by atoms with Crippen LogP contribution in [0.4, 0.5) is 8.78 Å². The number of unbranched alkanes of at least 4 members (excludes halogenated alkanes) is 3. The number of alkyl halides is 2. The summed E-state index contributed by atoms with van der Waals surface area (Å²) in [5.74, 6) is -0.883. The van der Waals surface area contributed by atoms with Gasteiger partial charge in [-0.15, -0.1) is 5.10 Å². The summed E-state index contributed by atoms with van der Waals surface area (Å²) in [6.45, 7) is 7.68. The summed E-state index contributed by atoms with van der Waals surface area (Å²) >= 11 is -0.562.